The molecule has 0 radical (unpaired) electrons. The molecule has 0 bridgehead atoms. The standard InChI is InChI=1S/C12H17NO4S/c1-9-5-6-13(12(9)8-14)18(16,17)11-4-2-3-10(15)7-11/h2-4,7,9,12,14-15H,5-6,8H2,1H3. The van der Waals surface area contributed by atoms with Crippen LogP contribution in [0.4, 0.5) is 0 Å². The minimum absolute atomic E-state index is 0.0649. The number of aliphatic hydroxyl groups is 1. The first-order valence-corrected chi connectivity index (χ1v) is 7.32. The first-order chi connectivity index (χ1) is 8.46. The lowest BCUT2D eigenvalue weighted by Gasteiger charge is -2.24. The van der Waals surface area contributed by atoms with Crippen LogP contribution in [0.15, 0.2) is 29.2 Å². The Morgan fingerprint density at radius 3 is 2.78 bits per heavy atom. The van der Waals surface area contributed by atoms with Gasteiger partial charge in [0.2, 0.25) is 10.0 Å². The number of sulfonamides is 1. The van der Waals surface area contributed by atoms with Crippen LogP contribution in [-0.2, 0) is 10.0 Å². The number of benzene rings is 1. The zero-order valence-corrected chi connectivity index (χ0v) is 11.0. The molecule has 2 rings (SSSR count). The lowest BCUT2D eigenvalue weighted by atomic mass is 10.0. The van der Waals surface area contributed by atoms with E-state index in [1.54, 1.807) is 0 Å². The number of hydrogen-bond acceptors (Lipinski definition) is 4. The lowest BCUT2D eigenvalue weighted by molar-refractivity contribution is 0.191. The number of aliphatic hydroxyl groups excluding tert-OH is 1. The second-order valence-electron chi connectivity index (χ2n) is 4.63. The fourth-order valence-corrected chi connectivity index (χ4v) is 4.09. The second kappa shape index (κ2) is 4.87. The van der Waals surface area contributed by atoms with Gasteiger partial charge in [-0.05, 0) is 30.5 Å². The van der Waals surface area contributed by atoms with Crippen molar-refractivity contribution in [3.8, 4) is 5.75 Å². The molecule has 1 saturated heterocycles. The molecule has 2 atom stereocenters. The van der Waals surface area contributed by atoms with Gasteiger partial charge in [0.1, 0.15) is 5.75 Å². The molecule has 1 heterocycles. The Bertz CT molecular complexity index is 529. The van der Waals surface area contributed by atoms with Crippen molar-refractivity contribution >= 4 is 10.0 Å². The third-order valence-corrected chi connectivity index (χ3v) is 5.36. The van der Waals surface area contributed by atoms with Gasteiger partial charge >= 0.3 is 0 Å². The second-order valence-corrected chi connectivity index (χ2v) is 6.52. The molecule has 2 unspecified atom stereocenters. The van der Waals surface area contributed by atoms with Crippen molar-refractivity contribution in [2.75, 3.05) is 13.2 Å². The first kappa shape index (κ1) is 13.3. The quantitative estimate of drug-likeness (QED) is 0.851. The molecule has 1 aromatic carbocycles. The monoisotopic (exact) mass is 271 g/mol. The smallest absolute Gasteiger partial charge is 0.243 e. The van der Waals surface area contributed by atoms with Gasteiger partial charge in [0.05, 0.1) is 17.5 Å². The summed E-state index contributed by atoms with van der Waals surface area (Å²) in [6.07, 6.45) is 0.739. The van der Waals surface area contributed by atoms with Gasteiger partial charge in [-0.15, -0.1) is 0 Å². The number of phenolic OH excluding ortho intramolecular Hbond substituents is 1. The van der Waals surface area contributed by atoms with Crippen LogP contribution in [0.3, 0.4) is 0 Å². The Hall–Kier alpha value is -1.11. The number of phenols is 1. The number of nitrogens with zero attached hydrogens (tertiary/aromatic N) is 1. The highest BCUT2D eigenvalue weighted by Gasteiger charge is 2.39. The molecule has 0 amide bonds. The third kappa shape index (κ3) is 2.23. The van der Waals surface area contributed by atoms with Crippen molar-refractivity contribution < 1.29 is 18.6 Å². The Kier molecular flexibility index (Phi) is 3.61. The van der Waals surface area contributed by atoms with Crippen molar-refractivity contribution in [1.29, 1.82) is 0 Å². The van der Waals surface area contributed by atoms with Gasteiger partial charge in [-0.2, -0.15) is 4.31 Å². The minimum atomic E-state index is -3.64. The van der Waals surface area contributed by atoms with E-state index >= 15 is 0 Å². The molecule has 6 heteroatoms. The molecule has 0 spiro atoms. The lowest BCUT2D eigenvalue weighted by Crippen LogP contribution is -2.39. The van der Waals surface area contributed by atoms with Crippen molar-refractivity contribution in [3.63, 3.8) is 0 Å². The topological polar surface area (TPSA) is 77.8 Å². The van der Waals surface area contributed by atoms with Gasteiger partial charge in [-0.1, -0.05) is 13.0 Å². The van der Waals surface area contributed by atoms with Gasteiger partial charge < -0.3 is 10.2 Å². The zero-order valence-electron chi connectivity index (χ0n) is 10.2. The van der Waals surface area contributed by atoms with Crippen molar-refractivity contribution in [2.24, 2.45) is 5.92 Å². The van der Waals surface area contributed by atoms with E-state index in [1.165, 1.54) is 28.6 Å². The van der Waals surface area contributed by atoms with Gasteiger partial charge in [-0.3, -0.25) is 0 Å². The summed E-state index contributed by atoms with van der Waals surface area (Å²) in [5.74, 6) is 0.0611. The predicted molar refractivity (Wildman–Crippen MR) is 66.7 cm³/mol. The summed E-state index contributed by atoms with van der Waals surface area (Å²) < 4.78 is 26.1. The Morgan fingerprint density at radius 2 is 2.17 bits per heavy atom. The molecule has 0 aromatic heterocycles. The van der Waals surface area contributed by atoms with E-state index < -0.39 is 10.0 Å². The van der Waals surface area contributed by atoms with E-state index in [1.807, 2.05) is 6.92 Å². The molecule has 0 saturated carbocycles. The number of aromatic hydroxyl groups is 1. The molecule has 5 nitrogen and oxygen atoms in total. The highest BCUT2D eigenvalue weighted by Crippen LogP contribution is 2.30. The van der Waals surface area contributed by atoms with Gasteiger partial charge in [-0.25, -0.2) is 8.42 Å². The predicted octanol–water partition coefficient (Wildman–Crippen LogP) is 0.784. The van der Waals surface area contributed by atoms with Gasteiger partial charge in [0.25, 0.3) is 0 Å². The van der Waals surface area contributed by atoms with Gasteiger partial charge in [0.15, 0.2) is 0 Å². The van der Waals surface area contributed by atoms with E-state index in [0.29, 0.717) is 6.54 Å². The van der Waals surface area contributed by atoms with Crippen LogP contribution in [0.5, 0.6) is 5.75 Å². The number of hydrogen-bond donors (Lipinski definition) is 2. The molecule has 1 fully saturated rings. The summed E-state index contributed by atoms with van der Waals surface area (Å²) >= 11 is 0. The zero-order chi connectivity index (χ0) is 13.3. The normalized spacial score (nSPS) is 25.4. The Balaban J connectivity index is 2.37. The first-order valence-electron chi connectivity index (χ1n) is 5.88. The fourth-order valence-electron chi connectivity index (χ4n) is 2.32. The maximum Gasteiger partial charge on any atom is 0.243 e. The van der Waals surface area contributed by atoms with Gasteiger partial charge in [0, 0.05) is 6.54 Å². The van der Waals surface area contributed by atoms with Crippen LogP contribution in [-0.4, -0.2) is 42.1 Å². The average molecular weight is 271 g/mol. The van der Waals surface area contributed by atoms with E-state index in [-0.39, 0.29) is 29.2 Å². The summed E-state index contributed by atoms with van der Waals surface area (Å²) in [5, 5.41) is 18.7. The van der Waals surface area contributed by atoms with Crippen molar-refractivity contribution in [3.05, 3.63) is 24.3 Å². The summed E-state index contributed by atoms with van der Waals surface area (Å²) in [5.41, 5.74) is 0. The largest absolute Gasteiger partial charge is 0.508 e. The summed E-state index contributed by atoms with van der Waals surface area (Å²) in [7, 11) is -3.64. The molecule has 1 aromatic rings. The van der Waals surface area contributed by atoms with Crippen LogP contribution >= 0.6 is 0 Å². The average Bonchev–Trinajstić information content (AvgIpc) is 2.71. The van der Waals surface area contributed by atoms with E-state index in [9.17, 15) is 18.6 Å². The molecule has 100 valence electrons. The van der Waals surface area contributed by atoms with Crippen LogP contribution in [0.25, 0.3) is 0 Å². The molecule has 1 aliphatic rings. The highest BCUT2D eigenvalue weighted by molar-refractivity contribution is 7.89. The summed E-state index contributed by atoms with van der Waals surface area (Å²) in [6, 6.07) is 5.22. The molecule has 2 N–H and O–H groups in total. The summed E-state index contributed by atoms with van der Waals surface area (Å²) in [4.78, 5) is 0.0649. The highest BCUT2D eigenvalue weighted by atomic mass is 32.2. The SMILES string of the molecule is CC1CCN(S(=O)(=O)c2cccc(O)c2)C1CO. The Labute approximate surface area is 107 Å². The van der Waals surface area contributed by atoms with Crippen LogP contribution < -0.4 is 0 Å². The van der Waals surface area contributed by atoms with Crippen molar-refractivity contribution in [1.82, 2.24) is 4.31 Å². The molecule has 18 heavy (non-hydrogen) atoms. The van der Waals surface area contributed by atoms with Crippen LogP contribution in [0.1, 0.15) is 13.3 Å². The third-order valence-electron chi connectivity index (χ3n) is 3.44. The minimum Gasteiger partial charge on any atom is -0.508 e. The fraction of sp³-hybridized carbons (Fsp3) is 0.500. The molecular formula is C12H17NO4S. The van der Waals surface area contributed by atoms with Crippen LogP contribution in [0, 0.1) is 5.92 Å². The molecule has 0 aliphatic carbocycles. The molecular weight excluding hydrogens is 254 g/mol. The van der Waals surface area contributed by atoms with Crippen LogP contribution in [0.2, 0.25) is 0 Å². The van der Waals surface area contributed by atoms with E-state index in [2.05, 4.69) is 0 Å². The van der Waals surface area contributed by atoms with E-state index in [4.69, 9.17) is 0 Å². The Morgan fingerprint density at radius 1 is 1.44 bits per heavy atom. The maximum absolute atomic E-state index is 12.4. The summed E-state index contributed by atoms with van der Waals surface area (Å²) in [6.45, 7) is 2.16. The van der Waals surface area contributed by atoms with E-state index in [0.717, 1.165) is 6.42 Å². The maximum atomic E-state index is 12.4. The number of rotatable bonds is 3. The van der Waals surface area contributed by atoms with Crippen molar-refractivity contribution in [2.45, 2.75) is 24.3 Å². The molecule has 1 aliphatic heterocycles.